The second-order valence-electron chi connectivity index (χ2n) is 5.29. The first kappa shape index (κ1) is 14.0. The van der Waals surface area contributed by atoms with E-state index in [-0.39, 0.29) is 23.5 Å². The number of nitrogens with one attached hydrogen (secondary N) is 1. The number of imidazole rings is 1. The number of benzene rings is 1. The Morgan fingerprint density at radius 2 is 2.30 bits per heavy atom. The molecular formula is C16H12ClN3O3. The van der Waals surface area contributed by atoms with Gasteiger partial charge in [-0.2, -0.15) is 0 Å². The molecule has 1 aliphatic rings. The van der Waals surface area contributed by atoms with Crippen LogP contribution in [0.25, 0.3) is 16.9 Å². The molecule has 0 bridgehead atoms. The van der Waals surface area contributed by atoms with Gasteiger partial charge >= 0.3 is 5.97 Å². The van der Waals surface area contributed by atoms with E-state index < -0.39 is 5.97 Å². The Balaban J connectivity index is 1.96. The first-order valence-electron chi connectivity index (χ1n) is 7.18. The third kappa shape index (κ3) is 2.06. The van der Waals surface area contributed by atoms with Gasteiger partial charge in [0.2, 0.25) is 5.65 Å². The second-order valence-corrected chi connectivity index (χ2v) is 5.73. The van der Waals surface area contributed by atoms with Crippen LogP contribution in [0.4, 0.5) is 0 Å². The third-order valence-electron chi connectivity index (χ3n) is 3.91. The van der Waals surface area contributed by atoms with Crippen LogP contribution < -0.4 is 5.56 Å². The summed E-state index contributed by atoms with van der Waals surface area (Å²) in [6, 6.07) is 5.58. The Hall–Kier alpha value is -2.60. The molecular weight excluding hydrogens is 318 g/mol. The monoisotopic (exact) mass is 329 g/mol. The van der Waals surface area contributed by atoms with E-state index in [4.69, 9.17) is 16.3 Å². The highest BCUT2D eigenvalue weighted by atomic mass is 35.5. The molecule has 0 radical (unpaired) electrons. The summed E-state index contributed by atoms with van der Waals surface area (Å²) >= 11 is 6.06. The molecule has 23 heavy (non-hydrogen) atoms. The van der Waals surface area contributed by atoms with Crippen molar-refractivity contribution >= 4 is 23.2 Å². The number of rotatable bonds is 2. The molecule has 116 valence electrons. The van der Waals surface area contributed by atoms with Crippen molar-refractivity contribution in [3.05, 3.63) is 56.7 Å². The molecule has 7 heteroatoms. The zero-order valence-corrected chi connectivity index (χ0v) is 13.0. The quantitative estimate of drug-likeness (QED) is 0.573. The summed E-state index contributed by atoms with van der Waals surface area (Å²) in [6.07, 6.45) is 2.18. The molecule has 6 nitrogen and oxygen atoms in total. The number of fused-ring (bicyclic) bond motifs is 5. The van der Waals surface area contributed by atoms with E-state index in [0.29, 0.717) is 17.1 Å². The number of halogens is 1. The highest BCUT2D eigenvalue weighted by molar-refractivity contribution is 6.30. The van der Waals surface area contributed by atoms with Gasteiger partial charge in [0, 0.05) is 23.2 Å². The van der Waals surface area contributed by atoms with Crippen LogP contribution in [0.5, 0.6) is 0 Å². The molecule has 1 N–H and O–H groups in total. The summed E-state index contributed by atoms with van der Waals surface area (Å²) in [5.74, 6) is -0.539. The smallest absolute Gasteiger partial charge is 0.358 e. The van der Waals surface area contributed by atoms with Gasteiger partial charge in [0.15, 0.2) is 5.69 Å². The predicted octanol–water partition coefficient (Wildman–Crippen LogP) is 2.42. The van der Waals surface area contributed by atoms with Gasteiger partial charge in [0.1, 0.15) is 0 Å². The molecule has 0 amide bonds. The van der Waals surface area contributed by atoms with Gasteiger partial charge in [-0.15, -0.1) is 0 Å². The number of carbonyl (C=O) groups is 1. The molecule has 2 heterocycles. The van der Waals surface area contributed by atoms with Crippen molar-refractivity contribution < 1.29 is 9.53 Å². The fraction of sp³-hybridized carbons (Fsp3) is 0.188. The average molecular weight is 330 g/mol. The van der Waals surface area contributed by atoms with Gasteiger partial charge in [-0.1, -0.05) is 17.7 Å². The summed E-state index contributed by atoms with van der Waals surface area (Å²) in [7, 11) is 0. The number of hydrogen-bond acceptors (Lipinski definition) is 4. The zero-order valence-electron chi connectivity index (χ0n) is 12.2. The molecule has 1 aromatic carbocycles. The third-order valence-corrected chi connectivity index (χ3v) is 4.15. The summed E-state index contributed by atoms with van der Waals surface area (Å²) < 4.78 is 6.61. The van der Waals surface area contributed by atoms with Crippen molar-refractivity contribution in [2.24, 2.45) is 0 Å². The zero-order chi connectivity index (χ0) is 16.1. The average Bonchev–Trinajstić information content (AvgIpc) is 3.10. The number of carbonyl (C=O) groups excluding carboxylic acids is 1. The molecule has 1 aliphatic carbocycles. The number of aromatic nitrogens is 3. The minimum Gasteiger partial charge on any atom is -0.461 e. The molecule has 0 fully saturated rings. The molecule has 0 saturated heterocycles. The van der Waals surface area contributed by atoms with Gasteiger partial charge in [-0.25, -0.2) is 9.78 Å². The van der Waals surface area contributed by atoms with Crippen LogP contribution in [-0.2, 0) is 11.2 Å². The van der Waals surface area contributed by atoms with Gasteiger partial charge < -0.3 is 9.72 Å². The van der Waals surface area contributed by atoms with Crippen LogP contribution in [0.1, 0.15) is 28.7 Å². The lowest BCUT2D eigenvalue weighted by Gasteiger charge is -2.03. The Bertz CT molecular complexity index is 1020. The number of H-pyrrole nitrogens is 1. The highest BCUT2D eigenvalue weighted by Gasteiger charge is 2.25. The van der Waals surface area contributed by atoms with E-state index >= 15 is 0 Å². The molecule has 0 saturated carbocycles. The van der Waals surface area contributed by atoms with E-state index in [2.05, 4.69) is 9.97 Å². The molecule has 2 aromatic heterocycles. The van der Waals surface area contributed by atoms with Crippen LogP contribution in [0, 0.1) is 0 Å². The fourth-order valence-corrected chi connectivity index (χ4v) is 3.10. The summed E-state index contributed by atoms with van der Waals surface area (Å²) in [6.45, 7) is 1.98. The summed E-state index contributed by atoms with van der Waals surface area (Å²) in [5, 5.41) is 0.607. The maximum atomic E-state index is 12.3. The van der Waals surface area contributed by atoms with Crippen LogP contribution in [0.15, 0.2) is 29.2 Å². The standard InChI is InChI=1S/C16H12ClN3O3/c1-2-23-16(22)11-7-20-12-5-8-3-4-9(17)6-10(8)13(12)19-15(21)14(20)18-11/h3-4,6-7H,2,5H2,1H3,(H,19,21). The maximum Gasteiger partial charge on any atom is 0.358 e. The van der Waals surface area contributed by atoms with Crippen molar-refractivity contribution in [2.45, 2.75) is 13.3 Å². The van der Waals surface area contributed by atoms with E-state index in [1.807, 2.05) is 18.2 Å². The van der Waals surface area contributed by atoms with Crippen LogP contribution in [0.3, 0.4) is 0 Å². The topological polar surface area (TPSA) is 76.5 Å². The van der Waals surface area contributed by atoms with Crippen molar-refractivity contribution in [3.8, 4) is 11.3 Å². The minimum absolute atomic E-state index is 0.125. The SMILES string of the molecule is CCOC(=O)c1cn2c3c([nH]c(=O)c2n1)-c1cc(Cl)ccc1C3. The largest absolute Gasteiger partial charge is 0.461 e. The number of ether oxygens (including phenoxy) is 1. The number of aromatic amines is 1. The second kappa shape index (κ2) is 4.96. The molecule has 4 rings (SSSR count). The minimum atomic E-state index is -0.539. The van der Waals surface area contributed by atoms with Crippen molar-refractivity contribution in [1.29, 1.82) is 0 Å². The lowest BCUT2D eigenvalue weighted by Crippen LogP contribution is -2.13. The fourth-order valence-electron chi connectivity index (χ4n) is 2.92. The van der Waals surface area contributed by atoms with Crippen LogP contribution in [0.2, 0.25) is 5.02 Å². The first-order valence-corrected chi connectivity index (χ1v) is 7.56. The Morgan fingerprint density at radius 3 is 3.09 bits per heavy atom. The highest BCUT2D eigenvalue weighted by Crippen LogP contribution is 2.36. The van der Waals surface area contributed by atoms with Gasteiger partial charge in [-0.05, 0) is 24.6 Å². The van der Waals surface area contributed by atoms with Gasteiger partial charge in [0.05, 0.1) is 18.0 Å². The van der Waals surface area contributed by atoms with Crippen molar-refractivity contribution in [1.82, 2.24) is 14.4 Å². The maximum absolute atomic E-state index is 12.3. The Morgan fingerprint density at radius 1 is 1.48 bits per heavy atom. The summed E-state index contributed by atoms with van der Waals surface area (Å²) in [5.41, 5.74) is 3.52. The van der Waals surface area contributed by atoms with Crippen LogP contribution in [-0.4, -0.2) is 26.9 Å². The van der Waals surface area contributed by atoms with Crippen LogP contribution >= 0.6 is 11.6 Å². The molecule has 0 spiro atoms. The summed E-state index contributed by atoms with van der Waals surface area (Å²) in [4.78, 5) is 31.1. The van der Waals surface area contributed by atoms with Crippen molar-refractivity contribution in [3.63, 3.8) is 0 Å². The van der Waals surface area contributed by atoms with E-state index in [1.165, 1.54) is 0 Å². The van der Waals surface area contributed by atoms with E-state index in [1.54, 1.807) is 17.5 Å². The molecule has 0 atom stereocenters. The Kier molecular flexibility index (Phi) is 3.02. The van der Waals surface area contributed by atoms with Crippen molar-refractivity contribution in [2.75, 3.05) is 6.61 Å². The number of hydrogen-bond donors (Lipinski definition) is 1. The lowest BCUT2D eigenvalue weighted by atomic mass is 10.1. The first-order chi connectivity index (χ1) is 11.1. The number of esters is 1. The van der Waals surface area contributed by atoms with E-state index in [0.717, 1.165) is 16.8 Å². The predicted molar refractivity (Wildman–Crippen MR) is 85.0 cm³/mol. The van der Waals surface area contributed by atoms with Gasteiger partial charge in [0.25, 0.3) is 5.56 Å². The lowest BCUT2D eigenvalue weighted by molar-refractivity contribution is 0.0520. The number of nitrogens with zero attached hydrogens (tertiary/aromatic N) is 2. The molecule has 3 aromatic rings. The molecule has 0 unspecified atom stereocenters. The van der Waals surface area contributed by atoms with E-state index in [9.17, 15) is 9.59 Å². The Labute approximate surface area is 135 Å². The normalized spacial score (nSPS) is 12.3. The van der Waals surface area contributed by atoms with Gasteiger partial charge in [-0.3, -0.25) is 9.20 Å². The molecule has 0 aliphatic heterocycles.